The molecule has 0 aliphatic carbocycles. The normalized spacial score (nSPS) is 14.5. The predicted molar refractivity (Wildman–Crippen MR) is 68.0 cm³/mol. The summed E-state index contributed by atoms with van der Waals surface area (Å²) in [6.07, 6.45) is 12.2. The Hall–Kier alpha value is -0.560. The largest absolute Gasteiger partial charge is 0.386 e. The maximum Gasteiger partial charge on any atom is 0.0828 e. The van der Waals surface area contributed by atoms with E-state index in [4.69, 9.17) is 0 Å². The number of unbranched alkanes of at least 4 members (excludes halogenated alkanes) is 4. The zero-order chi connectivity index (χ0) is 11.6. The molecule has 0 aliphatic heterocycles. The lowest BCUT2D eigenvalue weighted by Crippen LogP contribution is -2.24. The molecule has 1 N–H and O–H groups in total. The second kappa shape index (κ2) is 8.72. The molecular formula is C14H26O. The molecule has 0 fully saturated rings. The van der Waals surface area contributed by atoms with Gasteiger partial charge in [-0.15, -0.1) is 13.2 Å². The molecule has 0 saturated heterocycles. The quantitative estimate of drug-likeness (QED) is 0.422. The Balaban J connectivity index is 3.67. The van der Waals surface area contributed by atoms with Crippen molar-refractivity contribution in [3.05, 3.63) is 25.3 Å². The summed E-state index contributed by atoms with van der Waals surface area (Å²) in [5.41, 5.74) is -0.666. The van der Waals surface area contributed by atoms with Gasteiger partial charge < -0.3 is 5.11 Å². The van der Waals surface area contributed by atoms with E-state index in [1.165, 1.54) is 25.7 Å². The molecule has 1 nitrogen and oxygen atoms in total. The van der Waals surface area contributed by atoms with E-state index in [9.17, 15) is 5.11 Å². The van der Waals surface area contributed by atoms with Crippen LogP contribution in [-0.4, -0.2) is 10.7 Å². The van der Waals surface area contributed by atoms with Crippen LogP contribution in [0.4, 0.5) is 0 Å². The maximum atomic E-state index is 10.1. The SMILES string of the molecule is C=CCCC(O)(C=C)CCCCCCC. The Bertz CT molecular complexity index is 174. The second-order valence-electron chi connectivity index (χ2n) is 4.30. The Labute approximate surface area is 94.9 Å². The van der Waals surface area contributed by atoms with Crippen LogP contribution in [0.2, 0.25) is 0 Å². The summed E-state index contributed by atoms with van der Waals surface area (Å²) in [7, 11) is 0. The number of hydrogen-bond acceptors (Lipinski definition) is 1. The van der Waals surface area contributed by atoms with Gasteiger partial charge in [-0.3, -0.25) is 0 Å². The first-order chi connectivity index (χ1) is 7.18. The Kier molecular flexibility index (Phi) is 8.40. The topological polar surface area (TPSA) is 20.2 Å². The summed E-state index contributed by atoms with van der Waals surface area (Å²) in [4.78, 5) is 0. The third kappa shape index (κ3) is 7.38. The smallest absolute Gasteiger partial charge is 0.0828 e. The van der Waals surface area contributed by atoms with Crippen molar-refractivity contribution >= 4 is 0 Å². The fraction of sp³-hybridized carbons (Fsp3) is 0.714. The van der Waals surface area contributed by atoms with Crippen LogP contribution in [0.3, 0.4) is 0 Å². The van der Waals surface area contributed by atoms with Crippen molar-refractivity contribution in [2.24, 2.45) is 0 Å². The third-order valence-corrected chi connectivity index (χ3v) is 2.87. The van der Waals surface area contributed by atoms with Crippen LogP contribution < -0.4 is 0 Å². The molecule has 0 rings (SSSR count). The summed E-state index contributed by atoms with van der Waals surface area (Å²) in [6, 6.07) is 0. The minimum Gasteiger partial charge on any atom is -0.386 e. The lowest BCUT2D eigenvalue weighted by Gasteiger charge is -2.23. The van der Waals surface area contributed by atoms with Crippen molar-refractivity contribution in [1.82, 2.24) is 0 Å². The summed E-state index contributed by atoms with van der Waals surface area (Å²) < 4.78 is 0. The van der Waals surface area contributed by atoms with Gasteiger partial charge >= 0.3 is 0 Å². The van der Waals surface area contributed by atoms with E-state index in [2.05, 4.69) is 20.1 Å². The fourth-order valence-corrected chi connectivity index (χ4v) is 1.72. The first-order valence-electron chi connectivity index (χ1n) is 6.15. The molecule has 0 bridgehead atoms. The molecule has 88 valence electrons. The van der Waals surface area contributed by atoms with Crippen LogP contribution in [0.1, 0.15) is 58.3 Å². The lowest BCUT2D eigenvalue weighted by molar-refractivity contribution is 0.0706. The minimum atomic E-state index is -0.666. The van der Waals surface area contributed by atoms with Gasteiger partial charge in [-0.1, -0.05) is 51.2 Å². The van der Waals surface area contributed by atoms with Gasteiger partial charge in [0.15, 0.2) is 0 Å². The van der Waals surface area contributed by atoms with Crippen molar-refractivity contribution in [3.63, 3.8) is 0 Å². The molecule has 0 amide bonds. The van der Waals surface area contributed by atoms with Crippen LogP contribution >= 0.6 is 0 Å². The first kappa shape index (κ1) is 14.4. The average Bonchev–Trinajstić information content (AvgIpc) is 2.26. The summed E-state index contributed by atoms with van der Waals surface area (Å²) in [5, 5.41) is 10.1. The monoisotopic (exact) mass is 210 g/mol. The van der Waals surface area contributed by atoms with E-state index in [1.54, 1.807) is 6.08 Å². The molecule has 1 unspecified atom stereocenters. The number of hydrogen-bond donors (Lipinski definition) is 1. The molecule has 0 spiro atoms. The van der Waals surface area contributed by atoms with E-state index in [0.29, 0.717) is 0 Å². The summed E-state index contributed by atoms with van der Waals surface area (Å²) in [5.74, 6) is 0. The molecule has 1 atom stereocenters. The molecule has 15 heavy (non-hydrogen) atoms. The van der Waals surface area contributed by atoms with E-state index in [-0.39, 0.29) is 0 Å². The summed E-state index contributed by atoms with van der Waals surface area (Å²) in [6.45, 7) is 9.60. The van der Waals surface area contributed by atoms with Gasteiger partial charge in [0.25, 0.3) is 0 Å². The van der Waals surface area contributed by atoms with Crippen LogP contribution in [0, 0.1) is 0 Å². The third-order valence-electron chi connectivity index (χ3n) is 2.87. The van der Waals surface area contributed by atoms with E-state index in [0.717, 1.165) is 25.7 Å². The zero-order valence-electron chi connectivity index (χ0n) is 10.2. The Morgan fingerprint density at radius 1 is 1.07 bits per heavy atom. The highest BCUT2D eigenvalue weighted by atomic mass is 16.3. The molecule has 0 aromatic carbocycles. The summed E-state index contributed by atoms with van der Waals surface area (Å²) >= 11 is 0. The van der Waals surface area contributed by atoms with Crippen molar-refractivity contribution in [3.8, 4) is 0 Å². The first-order valence-corrected chi connectivity index (χ1v) is 6.15. The minimum absolute atomic E-state index is 0.666. The van der Waals surface area contributed by atoms with Crippen molar-refractivity contribution in [2.75, 3.05) is 0 Å². The highest BCUT2D eigenvalue weighted by molar-refractivity contribution is 4.96. The van der Waals surface area contributed by atoms with Gasteiger partial charge in [0.05, 0.1) is 5.60 Å². The van der Waals surface area contributed by atoms with Crippen LogP contribution in [-0.2, 0) is 0 Å². The van der Waals surface area contributed by atoms with Gasteiger partial charge in [-0.25, -0.2) is 0 Å². The van der Waals surface area contributed by atoms with Gasteiger partial charge in [0.1, 0.15) is 0 Å². The number of aliphatic hydroxyl groups is 1. The van der Waals surface area contributed by atoms with Crippen LogP contribution in [0.5, 0.6) is 0 Å². The Morgan fingerprint density at radius 3 is 2.27 bits per heavy atom. The molecule has 0 radical (unpaired) electrons. The fourth-order valence-electron chi connectivity index (χ4n) is 1.72. The Morgan fingerprint density at radius 2 is 1.73 bits per heavy atom. The van der Waals surface area contributed by atoms with E-state index < -0.39 is 5.60 Å². The zero-order valence-corrected chi connectivity index (χ0v) is 10.2. The number of rotatable bonds is 10. The van der Waals surface area contributed by atoms with Crippen LogP contribution in [0.15, 0.2) is 25.3 Å². The second-order valence-corrected chi connectivity index (χ2v) is 4.30. The molecule has 1 heteroatoms. The molecule has 0 aliphatic rings. The molecule has 0 heterocycles. The molecule has 0 aromatic rings. The van der Waals surface area contributed by atoms with Gasteiger partial charge in [0, 0.05) is 0 Å². The average molecular weight is 210 g/mol. The van der Waals surface area contributed by atoms with Crippen LogP contribution in [0.25, 0.3) is 0 Å². The van der Waals surface area contributed by atoms with Crippen molar-refractivity contribution < 1.29 is 5.11 Å². The lowest BCUT2D eigenvalue weighted by atomic mass is 9.91. The van der Waals surface area contributed by atoms with Gasteiger partial charge in [-0.2, -0.15) is 0 Å². The molecular weight excluding hydrogens is 184 g/mol. The number of allylic oxidation sites excluding steroid dienone is 1. The van der Waals surface area contributed by atoms with Gasteiger partial charge in [0.2, 0.25) is 0 Å². The van der Waals surface area contributed by atoms with E-state index in [1.807, 2.05) is 6.08 Å². The van der Waals surface area contributed by atoms with E-state index >= 15 is 0 Å². The highest BCUT2D eigenvalue weighted by Gasteiger charge is 2.20. The van der Waals surface area contributed by atoms with Gasteiger partial charge in [-0.05, 0) is 19.3 Å². The van der Waals surface area contributed by atoms with Crippen molar-refractivity contribution in [2.45, 2.75) is 63.9 Å². The predicted octanol–water partition coefficient (Wildman–Crippen LogP) is 4.23. The maximum absolute atomic E-state index is 10.1. The standard InChI is InChI=1S/C14H26O/c1-4-7-9-10-11-13-14(15,6-3)12-8-5-2/h5-6,15H,2-4,7-13H2,1H3. The van der Waals surface area contributed by atoms with Crippen molar-refractivity contribution in [1.29, 1.82) is 0 Å². The molecule has 0 saturated carbocycles. The highest BCUT2D eigenvalue weighted by Crippen LogP contribution is 2.22. The molecule has 0 aromatic heterocycles.